The average molecular weight is 297 g/mol. The molecule has 0 atom stereocenters. The van der Waals surface area contributed by atoms with Crippen LogP contribution in [0.2, 0.25) is 0 Å². The quantitative estimate of drug-likeness (QED) is 0.669. The maximum Gasteiger partial charge on any atom is 0.0110 e. The van der Waals surface area contributed by atoms with Crippen LogP contribution in [0.15, 0.2) is 0 Å². The van der Waals surface area contributed by atoms with Crippen LogP contribution in [-0.2, 0) is 0 Å². The normalized spacial score (nSPS) is 24.3. The molecule has 124 valence electrons. The van der Waals surface area contributed by atoms with Crippen LogP contribution in [0, 0.1) is 0 Å². The molecule has 0 aliphatic carbocycles. The van der Waals surface area contributed by atoms with Crippen LogP contribution in [0.5, 0.6) is 0 Å². The number of unbranched alkanes of at least 4 members (excludes halogenated alkanes) is 1. The van der Waals surface area contributed by atoms with Crippen LogP contribution in [-0.4, -0.2) is 105 Å². The van der Waals surface area contributed by atoms with Gasteiger partial charge in [-0.15, -0.1) is 0 Å². The number of nitrogens with zero attached hydrogens (tertiary/aromatic N) is 4. The number of likely N-dealkylation sites (N-methyl/N-ethyl adjacent to an activating group) is 1. The summed E-state index contributed by atoms with van der Waals surface area (Å²) < 4.78 is 0. The van der Waals surface area contributed by atoms with E-state index in [1.165, 1.54) is 91.3 Å². The lowest BCUT2D eigenvalue weighted by Crippen LogP contribution is -2.47. The van der Waals surface area contributed by atoms with Crippen LogP contribution in [0.25, 0.3) is 0 Å². The van der Waals surface area contributed by atoms with E-state index in [1.54, 1.807) is 0 Å². The molecule has 2 aliphatic rings. The lowest BCUT2D eigenvalue weighted by Gasteiger charge is -2.33. The lowest BCUT2D eigenvalue weighted by atomic mass is 10.3. The number of nitrogens with two attached hydrogens (primary N) is 1. The molecule has 0 aromatic carbocycles. The van der Waals surface area contributed by atoms with Gasteiger partial charge in [0.05, 0.1) is 0 Å². The van der Waals surface area contributed by atoms with Crippen molar-refractivity contribution in [3.63, 3.8) is 0 Å². The summed E-state index contributed by atoms with van der Waals surface area (Å²) in [6.45, 7) is 14.6. The van der Waals surface area contributed by atoms with Gasteiger partial charge in [0.25, 0.3) is 0 Å². The van der Waals surface area contributed by atoms with Crippen molar-refractivity contribution in [2.45, 2.75) is 19.3 Å². The lowest BCUT2D eigenvalue weighted by molar-refractivity contribution is 0.135. The highest BCUT2D eigenvalue weighted by Crippen LogP contribution is 2.06. The van der Waals surface area contributed by atoms with Gasteiger partial charge < -0.3 is 20.4 Å². The van der Waals surface area contributed by atoms with Gasteiger partial charge in [-0.1, -0.05) is 0 Å². The van der Waals surface area contributed by atoms with E-state index in [9.17, 15) is 0 Å². The molecule has 2 N–H and O–H groups in total. The molecular formula is C16H35N5. The Bertz CT molecular complexity index is 265. The summed E-state index contributed by atoms with van der Waals surface area (Å²) in [7, 11) is 2.23. The van der Waals surface area contributed by atoms with Gasteiger partial charge in [0.15, 0.2) is 0 Å². The van der Waals surface area contributed by atoms with Gasteiger partial charge in [-0.3, -0.25) is 4.90 Å². The second-order valence-corrected chi connectivity index (χ2v) is 6.68. The van der Waals surface area contributed by atoms with Gasteiger partial charge in [-0.25, -0.2) is 0 Å². The molecule has 5 nitrogen and oxygen atoms in total. The van der Waals surface area contributed by atoms with E-state index in [2.05, 4.69) is 26.6 Å². The molecule has 0 radical (unpaired) electrons. The molecule has 5 heteroatoms. The average Bonchev–Trinajstić information content (AvgIpc) is 2.72. The Labute approximate surface area is 131 Å². The summed E-state index contributed by atoms with van der Waals surface area (Å²) in [4.78, 5) is 10.4. The van der Waals surface area contributed by atoms with Crippen molar-refractivity contribution in [1.82, 2.24) is 19.6 Å². The Morgan fingerprint density at radius 2 is 1.19 bits per heavy atom. The fraction of sp³-hybridized carbons (Fsp3) is 1.00. The highest BCUT2D eigenvalue weighted by molar-refractivity contribution is 4.74. The van der Waals surface area contributed by atoms with Crippen molar-refractivity contribution >= 4 is 0 Å². The maximum atomic E-state index is 5.58. The molecule has 0 spiro atoms. The van der Waals surface area contributed by atoms with E-state index in [1.807, 2.05) is 0 Å². The van der Waals surface area contributed by atoms with Crippen LogP contribution in [0.4, 0.5) is 0 Å². The Morgan fingerprint density at radius 3 is 1.81 bits per heavy atom. The van der Waals surface area contributed by atoms with Crippen LogP contribution in [0.1, 0.15) is 19.3 Å². The van der Waals surface area contributed by atoms with Crippen LogP contribution >= 0.6 is 0 Å². The van der Waals surface area contributed by atoms with Crippen LogP contribution < -0.4 is 5.73 Å². The number of piperazine rings is 1. The van der Waals surface area contributed by atoms with E-state index >= 15 is 0 Å². The molecule has 0 amide bonds. The summed E-state index contributed by atoms with van der Waals surface area (Å²) in [5.41, 5.74) is 5.58. The standard InChI is InChI=1S/C16H35N5/c1-18-9-11-21(12-10-18)16-15-20-8-4-7-19(13-14-20)6-3-2-5-17/h2-17H2,1H3. The molecule has 2 heterocycles. The van der Waals surface area contributed by atoms with Gasteiger partial charge in [-0.2, -0.15) is 0 Å². The van der Waals surface area contributed by atoms with Crippen LogP contribution in [0.3, 0.4) is 0 Å². The zero-order valence-corrected chi connectivity index (χ0v) is 14.0. The fourth-order valence-electron chi connectivity index (χ4n) is 3.31. The summed E-state index contributed by atoms with van der Waals surface area (Å²) in [6.07, 6.45) is 3.76. The van der Waals surface area contributed by atoms with E-state index in [0.717, 1.165) is 6.54 Å². The molecule has 0 unspecified atom stereocenters. The zero-order chi connectivity index (χ0) is 14.9. The third-order valence-corrected chi connectivity index (χ3v) is 4.94. The molecule has 2 aliphatic heterocycles. The van der Waals surface area contributed by atoms with Crippen molar-refractivity contribution < 1.29 is 0 Å². The van der Waals surface area contributed by atoms with E-state index in [0.29, 0.717) is 0 Å². The number of hydrogen-bond acceptors (Lipinski definition) is 5. The third kappa shape index (κ3) is 6.61. The topological polar surface area (TPSA) is 39.0 Å². The third-order valence-electron chi connectivity index (χ3n) is 4.94. The number of rotatable bonds is 7. The molecule has 2 rings (SSSR count). The highest BCUT2D eigenvalue weighted by Gasteiger charge is 2.17. The molecule has 0 bridgehead atoms. The molecule has 2 fully saturated rings. The van der Waals surface area contributed by atoms with Crippen molar-refractivity contribution in [3.05, 3.63) is 0 Å². The smallest absolute Gasteiger partial charge is 0.0110 e. The van der Waals surface area contributed by atoms with Crippen molar-refractivity contribution in [1.29, 1.82) is 0 Å². The Hall–Kier alpha value is -0.200. The Kier molecular flexibility index (Phi) is 7.96. The zero-order valence-electron chi connectivity index (χ0n) is 14.0. The Morgan fingerprint density at radius 1 is 0.667 bits per heavy atom. The first-order valence-electron chi connectivity index (χ1n) is 8.83. The fourth-order valence-corrected chi connectivity index (χ4v) is 3.31. The predicted molar refractivity (Wildman–Crippen MR) is 89.7 cm³/mol. The SMILES string of the molecule is CN1CCN(CCN2CCCN(CCCCN)CC2)CC1. The minimum atomic E-state index is 0.838. The van der Waals surface area contributed by atoms with Crippen molar-refractivity contribution in [3.8, 4) is 0 Å². The maximum absolute atomic E-state index is 5.58. The molecule has 21 heavy (non-hydrogen) atoms. The minimum Gasteiger partial charge on any atom is -0.330 e. The van der Waals surface area contributed by atoms with Gasteiger partial charge >= 0.3 is 0 Å². The second kappa shape index (κ2) is 9.74. The largest absolute Gasteiger partial charge is 0.330 e. The van der Waals surface area contributed by atoms with Crippen molar-refractivity contribution in [2.24, 2.45) is 5.73 Å². The van der Waals surface area contributed by atoms with Gasteiger partial charge in [0.1, 0.15) is 0 Å². The summed E-state index contributed by atoms with van der Waals surface area (Å²) >= 11 is 0. The first-order valence-corrected chi connectivity index (χ1v) is 8.83. The van der Waals surface area contributed by atoms with Gasteiger partial charge in [-0.05, 0) is 52.5 Å². The summed E-state index contributed by atoms with van der Waals surface area (Å²) in [5.74, 6) is 0. The first kappa shape index (κ1) is 17.2. The van der Waals surface area contributed by atoms with Gasteiger partial charge in [0.2, 0.25) is 0 Å². The molecule has 0 saturated carbocycles. The Balaban J connectivity index is 1.59. The summed E-state index contributed by atoms with van der Waals surface area (Å²) in [6, 6.07) is 0. The first-order chi connectivity index (χ1) is 10.3. The second-order valence-electron chi connectivity index (χ2n) is 6.68. The molecule has 0 aromatic rings. The monoisotopic (exact) mass is 297 g/mol. The van der Waals surface area contributed by atoms with Gasteiger partial charge in [0, 0.05) is 52.4 Å². The minimum absolute atomic E-state index is 0.838. The predicted octanol–water partition coefficient (Wildman–Crippen LogP) is -0.0196. The molecule has 2 saturated heterocycles. The summed E-state index contributed by atoms with van der Waals surface area (Å²) in [5, 5.41) is 0. The number of hydrogen-bond donors (Lipinski definition) is 1. The molecule has 0 aromatic heterocycles. The van der Waals surface area contributed by atoms with E-state index in [-0.39, 0.29) is 0 Å². The van der Waals surface area contributed by atoms with E-state index < -0.39 is 0 Å². The van der Waals surface area contributed by atoms with Crippen molar-refractivity contribution in [2.75, 3.05) is 85.6 Å². The van der Waals surface area contributed by atoms with E-state index in [4.69, 9.17) is 5.73 Å². The highest BCUT2D eigenvalue weighted by atomic mass is 15.3. The molecular weight excluding hydrogens is 262 g/mol.